The Morgan fingerprint density at radius 2 is 2.00 bits per heavy atom. The molecule has 2 atom stereocenters. The van der Waals surface area contributed by atoms with E-state index in [1.165, 1.54) is 24.8 Å². The molecule has 1 N–H and O–H groups in total. The van der Waals surface area contributed by atoms with E-state index in [1.54, 1.807) is 0 Å². The van der Waals surface area contributed by atoms with E-state index in [2.05, 4.69) is 19.9 Å². The molecule has 14 heavy (non-hydrogen) atoms. The third kappa shape index (κ3) is 1.75. The molecule has 0 aromatic rings. The number of fused-ring (bicyclic) bond motifs is 1. The predicted molar refractivity (Wildman–Crippen MR) is 59.1 cm³/mol. The average Bonchev–Trinajstić information content (AvgIpc) is 2.00. The predicted octanol–water partition coefficient (Wildman–Crippen LogP) is 3.28. The molecule has 0 amide bonds. The molecule has 0 bridgehead atoms. The van der Waals surface area contributed by atoms with Crippen LogP contribution >= 0.6 is 0 Å². The van der Waals surface area contributed by atoms with Crippen LogP contribution in [0.2, 0.25) is 0 Å². The summed E-state index contributed by atoms with van der Waals surface area (Å²) < 4.78 is 0. The van der Waals surface area contributed by atoms with Gasteiger partial charge in [-0.25, -0.2) is 0 Å². The Morgan fingerprint density at radius 3 is 2.71 bits per heavy atom. The number of aliphatic hydroxyl groups is 1. The quantitative estimate of drug-likeness (QED) is 0.587. The molecule has 1 fully saturated rings. The Kier molecular flexibility index (Phi) is 2.26. The molecular weight excluding hydrogens is 172 g/mol. The molecule has 1 saturated carbocycles. The van der Waals surface area contributed by atoms with Gasteiger partial charge in [0.25, 0.3) is 0 Å². The van der Waals surface area contributed by atoms with Gasteiger partial charge >= 0.3 is 0 Å². The number of hydrogen-bond acceptors (Lipinski definition) is 1. The highest BCUT2D eigenvalue weighted by molar-refractivity contribution is 5.19. The molecule has 0 spiro atoms. The lowest BCUT2D eigenvalue weighted by atomic mass is 9.61. The van der Waals surface area contributed by atoms with Gasteiger partial charge in [0.15, 0.2) is 0 Å². The van der Waals surface area contributed by atoms with Crippen molar-refractivity contribution in [1.82, 2.24) is 0 Å². The summed E-state index contributed by atoms with van der Waals surface area (Å²) in [5.74, 6) is 0.733. The molecule has 0 aromatic heterocycles. The lowest BCUT2D eigenvalue weighted by Gasteiger charge is -2.46. The normalized spacial score (nSPS) is 41.4. The van der Waals surface area contributed by atoms with E-state index in [0.29, 0.717) is 5.41 Å². The summed E-state index contributed by atoms with van der Waals surface area (Å²) in [4.78, 5) is 0. The van der Waals surface area contributed by atoms with Gasteiger partial charge in [-0.2, -0.15) is 0 Å². The fourth-order valence-electron chi connectivity index (χ4n) is 3.20. The highest BCUT2D eigenvalue weighted by Gasteiger charge is 2.41. The maximum Gasteiger partial charge on any atom is 0.0657 e. The topological polar surface area (TPSA) is 20.2 Å². The van der Waals surface area contributed by atoms with E-state index >= 15 is 0 Å². The summed E-state index contributed by atoms with van der Waals surface area (Å²) in [6, 6.07) is 0. The summed E-state index contributed by atoms with van der Waals surface area (Å²) in [6.45, 7) is 6.74. The summed E-state index contributed by atoms with van der Waals surface area (Å²) in [7, 11) is 0. The van der Waals surface area contributed by atoms with Gasteiger partial charge < -0.3 is 5.11 Å². The molecule has 2 aliphatic rings. The van der Waals surface area contributed by atoms with Crippen LogP contribution in [-0.4, -0.2) is 10.7 Å². The van der Waals surface area contributed by atoms with Crippen molar-refractivity contribution in [3.05, 3.63) is 11.6 Å². The number of allylic oxidation sites excluding steroid dienone is 1. The Bertz CT molecular complexity index is 260. The maximum absolute atomic E-state index is 10.0. The highest BCUT2D eigenvalue weighted by atomic mass is 16.3. The Morgan fingerprint density at radius 1 is 1.29 bits per heavy atom. The molecule has 2 aliphatic carbocycles. The summed E-state index contributed by atoms with van der Waals surface area (Å²) in [6.07, 6.45) is 7.94. The van der Waals surface area contributed by atoms with Crippen molar-refractivity contribution in [2.45, 2.75) is 58.5 Å². The first-order valence-electron chi connectivity index (χ1n) is 5.82. The first-order valence-corrected chi connectivity index (χ1v) is 5.82. The molecule has 80 valence electrons. The van der Waals surface area contributed by atoms with Crippen LogP contribution in [0.3, 0.4) is 0 Å². The SMILES string of the molecule is CC1(C)CCC=C2C[C@](C)(O)CC[C@@H]21. The van der Waals surface area contributed by atoms with Crippen LogP contribution in [0.25, 0.3) is 0 Å². The largest absolute Gasteiger partial charge is 0.390 e. The van der Waals surface area contributed by atoms with Gasteiger partial charge in [-0.05, 0) is 50.4 Å². The molecule has 0 aliphatic heterocycles. The van der Waals surface area contributed by atoms with Crippen molar-refractivity contribution >= 4 is 0 Å². The van der Waals surface area contributed by atoms with Crippen molar-refractivity contribution in [1.29, 1.82) is 0 Å². The Labute approximate surface area is 87.2 Å². The van der Waals surface area contributed by atoms with Crippen LogP contribution < -0.4 is 0 Å². The number of rotatable bonds is 0. The fourth-order valence-corrected chi connectivity index (χ4v) is 3.20. The second-order valence-electron chi connectivity index (χ2n) is 6.07. The first-order chi connectivity index (χ1) is 6.41. The van der Waals surface area contributed by atoms with Crippen LogP contribution in [0.4, 0.5) is 0 Å². The molecule has 1 heteroatoms. The molecule has 0 saturated heterocycles. The van der Waals surface area contributed by atoms with E-state index < -0.39 is 5.60 Å². The zero-order valence-corrected chi connectivity index (χ0v) is 9.64. The van der Waals surface area contributed by atoms with Crippen LogP contribution in [0.15, 0.2) is 11.6 Å². The van der Waals surface area contributed by atoms with Crippen molar-refractivity contribution in [3.8, 4) is 0 Å². The van der Waals surface area contributed by atoms with Crippen LogP contribution in [0, 0.1) is 11.3 Å². The summed E-state index contributed by atoms with van der Waals surface area (Å²) >= 11 is 0. The lowest BCUT2D eigenvalue weighted by molar-refractivity contribution is 0.0106. The second kappa shape index (κ2) is 3.10. The van der Waals surface area contributed by atoms with E-state index in [0.717, 1.165) is 18.8 Å². The van der Waals surface area contributed by atoms with E-state index in [-0.39, 0.29) is 0 Å². The van der Waals surface area contributed by atoms with Gasteiger partial charge in [0.2, 0.25) is 0 Å². The molecule has 0 radical (unpaired) electrons. The summed E-state index contributed by atoms with van der Waals surface area (Å²) in [5, 5.41) is 10.0. The smallest absolute Gasteiger partial charge is 0.0657 e. The minimum atomic E-state index is -0.435. The van der Waals surface area contributed by atoms with E-state index in [4.69, 9.17) is 0 Å². The van der Waals surface area contributed by atoms with Crippen LogP contribution in [0.1, 0.15) is 52.9 Å². The first kappa shape index (κ1) is 10.2. The van der Waals surface area contributed by atoms with Gasteiger partial charge in [0.05, 0.1) is 5.60 Å². The molecule has 0 heterocycles. The van der Waals surface area contributed by atoms with Crippen LogP contribution in [0.5, 0.6) is 0 Å². The van der Waals surface area contributed by atoms with Crippen LogP contribution in [-0.2, 0) is 0 Å². The molecule has 0 aromatic carbocycles. The maximum atomic E-state index is 10.0. The zero-order valence-electron chi connectivity index (χ0n) is 9.64. The van der Waals surface area contributed by atoms with E-state index in [1.807, 2.05) is 6.92 Å². The molecule has 2 rings (SSSR count). The minimum Gasteiger partial charge on any atom is -0.390 e. The Hall–Kier alpha value is -0.300. The van der Waals surface area contributed by atoms with Gasteiger partial charge in [-0.1, -0.05) is 25.5 Å². The molecule has 0 unspecified atom stereocenters. The van der Waals surface area contributed by atoms with Crippen molar-refractivity contribution in [2.24, 2.45) is 11.3 Å². The lowest BCUT2D eigenvalue weighted by Crippen LogP contribution is -2.39. The fraction of sp³-hybridized carbons (Fsp3) is 0.846. The van der Waals surface area contributed by atoms with Gasteiger partial charge in [-0.3, -0.25) is 0 Å². The van der Waals surface area contributed by atoms with Crippen molar-refractivity contribution in [2.75, 3.05) is 0 Å². The van der Waals surface area contributed by atoms with Gasteiger partial charge in [-0.15, -0.1) is 0 Å². The van der Waals surface area contributed by atoms with E-state index in [9.17, 15) is 5.11 Å². The van der Waals surface area contributed by atoms with Gasteiger partial charge in [0, 0.05) is 0 Å². The van der Waals surface area contributed by atoms with Gasteiger partial charge in [0.1, 0.15) is 0 Å². The third-order valence-electron chi connectivity index (χ3n) is 4.14. The molecular formula is C13H22O. The second-order valence-corrected chi connectivity index (χ2v) is 6.07. The summed E-state index contributed by atoms with van der Waals surface area (Å²) in [5.41, 5.74) is 1.55. The average molecular weight is 194 g/mol. The number of hydrogen-bond donors (Lipinski definition) is 1. The minimum absolute atomic E-state index is 0.435. The standard InChI is InChI=1S/C13H22O/c1-12(2)7-4-5-10-9-13(3,14)8-6-11(10)12/h5,11,14H,4,6-9H2,1-3H3/t11-,13+/m0/s1. The van der Waals surface area contributed by atoms with Crippen molar-refractivity contribution < 1.29 is 5.11 Å². The van der Waals surface area contributed by atoms with Crippen molar-refractivity contribution in [3.63, 3.8) is 0 Å². The molecule has 1 nitrogen and oxygen atoms in total. The zero-order chi connectivity index (χ0) is 10.4. The third-order valence-corrected chi connectivity index (χ3v) is 4.14. The monoisotopic (exact) mass is 194 g/mol. The highest BCUT2D eigenvalue weighted by Crippen LogP contribution is 2.49. The Balaban J connectivity index is 2.22.